The van der Waals surface area contributed by atoms with Crippen molar-refractivity contribution in [1.82, 2.24) is 5.32 Å². The standard InChI is InChI=1S/C16H23NO3/c1-18-9-6-17-11-14-5-8-20-16(14)13-2-3-15-12(10-13)4-7-19-15/h2-3,10,14,16-17H,4-9,11H2,1H3. The van der Waals surface area contributed by atoms with Gasteiger partial charge in [0.1, 0.15) is 5.75 Å². The van der Waals surface area contributed by atoms with Gasteiger partial charge in [-0.25, -0.2) is 0 Å². The Balaban J connectivity index is 1.63. The minimum Gasteiger partial charge on any atom is -0.493 e. The van der Waals surface area contributed by atoms with Crippen LogP contribution in [0.3, 0.4) is 0 Å². The van der Waals surface area contributed by atoms with Crippen LogP contribution < -0.4 is 10.1 Å². The smallest absolute Gasteiger partial charge is 0.122 e. The van der Waals surface area contributed by atoms with Crippen LogP contribution in [-0.2, 0) is 15.9 Å². The van der Waals surface area contributed by atoms with Crippen LogP contribution >= 0.6 is 0 Å². The van der Waals surface area contributed by atoms with Gasteiger partial charge in [-0.05, 0) is 29.7 Å². The van der Waals surface area contributed by atoms with Crippen LogP contribution in [0.25, 0.3) is 0 Å². The van der Waals surface area contributed by atoms with Gasteiger partial charge in [-0.1, -0.05) is 6.07 Å². The molecule has 110 valence electrons. The second kappa shape index (κ2) is 6.57. The summed E-state index contributed by atoms with van der Waals surface area (Å²) >= 11 is 0. The minimum absolute atomic E-state index is 0.218. The topological polar surface area (TPSA) is 39.7 Å². The van der Waals surface area contributed by atoms with Gasteiger partial charge >= 0.3 is 0 Å². The number of hydrogen-bond donors (Lipinski definition) is 1. The molecular formula is C16H23NO3. The molecule has 0 aromatic heterocycles. The number of nitrogens with one attached hydrogen (secondary N) is 1. The summed E-state index contributed by atoms with van der Waals surface area (Å²) in [5, 5.41) is 3.45. The highest BCUT2D eigenvalue weighted by atomic mass is 16.5. The van der Waals surface area contributed by atoms with Crippen LogP contribution in [0.2, 0.25) is 0 Å². The highest BCUT2D eigenvalue weighted by Gasteiger charge is 2.30. The van der Waals surface area contributed by atoms with Crippen molar-refractivity contribution < 1.29 is 14.2 Å². The first kappa shape index (κ1) is 13.9. The Morgan fingerprint density at radius 3 is 3.20 bits per heavy atom. The Kier molecular flexibility index (Phi) is 4.55. The largest absolute Gasteiger partial charge is 0.493 e. The maximum Gasteiger partial charge on any atom is 0.122 e. The molecule has 4 heteroatoms. The number of fused-ring (bicyclic) bond motifs is 1. The summed E-state index contributed by atoms with van der Waals surface area (Å²) in [4.78, 5) is 0. The van der Waals surface area contributed by atoms with Gasteiger partial charge in [0.25, 0.3) is 0 Å². The van der Waals surface area contributed by atoms with Crippen LogP contribution in [0.5, 0.6) is 5.75 Å². The summed E-state index contributed by atoms with van der Waals surface area (Å²) < 4.78 is 16.6. The summed E-state index contributed by atoms with van der Waals surface area (Å²) in [6, 6.07) is 6.51. The van der Waals surface area contributed by atoms with E-state index in [9.17, 15) is 0 Å². The molecule has 1 fully saturated rings. The molecule has 1 N–H and O–H groups in total. The number of benzene rings is 1. The third-order valence-corrected chi connectivity index (χ3v) is 4.15. The maximum atomic E-state index is 5.96. The summed E-state index contributed by atoms with van der Waals surface area (Å²) in [7, 11) is 1.73. The third kappa shape index (κ3) is 2.97. The van der Waals surface area contributed by atoms with E-state index < -0.39 is 0 Å². The van der Waals surface area contributed by atoms with Gasteiger partial charge in [0.05, 0.1) is 19.3 Å². The molecule has 2 aliphatic rings. The first-order valence-corrected chi connectivity index (χ1v) is 7.45. The molecule has 0 aliphatic carbocycles. The number of rotatable bonds is 6. The van der Waals surface area contributed by atoms with Gasteiger partial charge in [-0.3, -0.25) is 0 Å². The summed E-state index contributed by atoms with van der Waals surface area (Å²) in [5.74, 6) is 1.59. The second-order valence-electron chi connectivity index (χ2n) is 5.50. The van der Waals surface area contributed by atoms with E-state index in [0.29, 0.717) is 5.92 Å². The average Bonchev–Trinajstić information content (AvgIpc) is 3.11. The molecule has 20 heavy (non-hydrogen) atoms. The van der Waals surface area contributed by atoms with Gasteiger partial charge in [0.15, 0.2) is 0 Å². The highest BCUT2D eigenvalue weighted by Crippen LogP contribution is 2.37. The van der Waals surface area contributed by atoms with Crippen LogP contribution in [-0.4, -0.2) is 40.0 Å². The fourth-order valence-electron chi connectivity index (χ4n) is 3.06. The minimum atomic E-state index is 0.218. The predicted molar refractivity (Wildman–Crippen MR) is 77.2 cm³/mol. The van der Waals surface area contributed by atoms with Gasteiger partial charge in [0, 0.05) is 39.1 Å². The summed E-state index contributed by atoms with van der Waals surface area (Å²) in [5.41, 5.74) is 2.62. The number of ether oxygens (including phenoxy) is 3. The number of hydrogen-bond acceptors (Lipinski definition) is 4. The van der Waals surface area contributed by atoms with E-state index in [0.717, 1.165) is 51.5 Å². The molecule has 0 spiro atoms. The lowest BCUT2D eigenvalue weighted by Gasteiger charge is -2.20. The molecule has 2 aliphatic heterocycles. The average molecular weight is 277 g/mol. The zero-order valence-electron chi connectivity index (χ0n) is 12.1. The summed E-state index contributed by atoms with van der Waals surface area (Å²) in [6.07, 6.45) is 2.36. The van der Waals surface area contributed by atoms with E-state index in [4.69, 9.17) is 14.2 Å². The van der Waals surface area contributed by atoms with Crippen molar-refractivity contribution in [3.8, 4) is 5.75 Å². The highest BCUT2D eigenvalue weighted by molar-refractivity contribution is 5.40. The van der Waals surface area contributed by atoms with E-state index in [2.05, 4.69) is 23.5 Å². The number of methoxy groups -OCH3 is 1. The zero-order valence-corrected chi connectivity index (χ0v) is 12.1. The Labute approximate surface area is 120 Å². The molecule has 2 atom stereocenters. The molecule has 0 amide bonds. The van der Waals surface area contributed by atoms with Crippen molar-refractivity contribution in [3.05, 3.63) is 29.3 Å². The molecular weight excluding hydrogens is 254 g/mol. The normalized spacial score (nSPS) is 24.6. The molecule has 4 nitrogen and oxygen atoms in total. The Morgan fingerprint density at radius 1 is 1.35 bits per heavy atom. The first-order chi connectivity index (χ1) is 9.88. The Hall–Kier alpha value is -1.10. The van der Waals surface area contributed by atoms with E-state index >= 15 is 0 Å². The van der Waals surface area contributed by atoms with E-state index in [1.807, 2.05) is 0 Å². The van der Waals surface area contributed by atoms with Gasteiger partial charge < -0.3 is 19.5 Å². The van der Waals surface area contributed by atoms with Gasteiger partial charge in [-0.2, -0.15) is 0 Å². The maximum absolute atomic E-state index is 5.96. The predicted octanol–water partition coefficient (Wildman–Crippen LogP) is 1.94. The lowest BCUT2D eigenvalue weighted by molar-refractivity contribution is 0.0898. The van der Waals surface area contributed by atoms with E-state index in [1.165, 1.54) is 11.1 Å². The summed E-state index contributed by atoms with van der Waals surface area (Å²) in [6.45, 7) is 4.31. The van der Waals surface area contributed by atoms with Crippen molar-refractivity contribution >= 4 is 0 Å². The fourth-order valence-corrected chi connectivity index (χ4v) is 3.06. The van der Waals surface area contributed by atoms with Crippen molar-refractivity contribution in [3.63, 3.8) is 0 Å². The first-order valence-electron chi connectivity index (χ1n) is 7.45. The molecule has 0 saturated carbocycles. The van der Waals surface area contributed by atoms with Crippen molar-refractivity contribution in [2.75, 3.05) is 40.0 Å². The van der Waals surface area contributed by atoms with Crippen molar-refractivity contribution in [1.29, 1.82) is 0 Å². The molecule has 2 unspecified atom stereocenters. The quantitative estimate of drug-likeness (QED) is 0.807. The fraction of sp³-hybridized carbons (Fsp3) is 0.625. The van der Waals surface area contributed by atoms with Gasteiger partial charge in [-0.15, -0.1) is 0 Å². The SMILES string of the molecule is COCCNCC1CCOC1c1ccc2c(c1)CCO2. The molecule has 3 rings (SSSR count). The van der Waals surface area contributed by atoms with Crippen LogP contribution in [0, 0.1) is 5.92 Å². The lowest BCUT2D eigenvalue weighted by atomic mass is 9.94. The van der Waals surface area contributed by atoms with Gasteiger partial charge in [0.2, 0.25) is 0 Å². The molecule has 2 heterocycles. The molecule has 1 aromatic carbocycles. The molecule has 0 bridgehead atoms. The van der Waals surface area contributed by atoms with Crippen LogP contribution in [0.1, 0.15) is 23.7 Å². The third-order valence-electron chi connectivity index (χ3n) is 4.15. The van der Waals surface area contributed by atoms with Crippen molar-refractivity contribution in [2.24, 2.45) is 5.92 Å². The van der Waals surface area contributed by atoms with Crippen LogP contribution in [0.15, 0.2) is 18.2 Å². The second-order valence-corrected chi connectivity index (χ2v) is 5.50. The Morgan fingerprint density at radius 2 is 2.30 bits per heavy atom. The Bertz CT molecular complexity index is 449. The van der Waals surface area contributed by atoms with E-state index in [-0.39, 0.29) is 6.10 Å². The lowest BCUT2D eigenvalue weighted by Crippen LogP contribution is -2.27. The monoisotopic (exact) mass is 277 g/mol. The van der Waals surface area contributed by atoms with Crippen molar-refractivity contribution in [2.45, 2.75) is 18.9 Å². The molecule has 1 saturated heterocycles. The molecule has 1 aromatic rings. The van der Waals surface area contributed by atoms with E-state index in [1.54, 1.807) is 7.11 Å². The van der Waals surface area contributed by atoms with Crippen LogP contribution in [0.4, 0.5) is 0 Å². The zero-order chi connectivity index (χ0) is 13.8. The molecule has 0 radical (unpaired) electrons.